The predicted octanol–water partition coefficient (Wildman–Crippen LogP) is 2.43. The van der Waals surface area contributed by atoms with Crippen LogP contribution < -0.4 is 0 Å². The zero-order chi connectivity index (χ0) is 22.1. The summed E-state index contributed by atoms with van der Waals surface area (Å²) in [5.74, 6) is 1.69. The van der Waals surface area contributed by atoms with Gasteiger partial charge in [0.15, 0.2) is 15.0 Å². The van der Waals surface area contributed by atoms with Gasteiger partial charge in [0.05, 0.1) is 23.4 Å². The van der Waals surface area contributed by atoms with Gasteiger partial charge >= 0.3 is 0 Å². The number of thioether (sulfide) groups is 1. The molecule has 1 aliphatic carbocycles. The lowest BCUT2D eigenvalue weighted by atomic mass is 10.1. The standard InChI is InChI=1S/C22H28N4O4S2/c27-20(25(13-19-7-4-11-30-19)18-10-12-32(28,29)15-18)14-31-22-24-23-21(16-8-9-16)26(22)17-5-2-1-3-6-17/h1-3,5-6,16,18-19H,4,7-15H2/t18-,19+/m1/s1. The highest BCUT2D eigenvalue weighted by atomic mass is 32.2. The van der Waals surface area contributed by atoms with Gasteiger partial charge in [-0.1, -0.05) is 30.0 Å². The molecule has 0 N–H and O–H groups in total. The molecule has 0 unspecified atom stereocenters. The van der Waals surface area contributed by atoms with E-state index < -0.39 is 9.84 Å². The second-order valence-electron chi connectivity index (χ2n) is 8.81. The van der Waals surface area contributed by atoms with E-state index in [1.165, 1.54) is 11.8 Å². The van der Waals surface area contributed by atoms with Crippen LogP contribution in [0.25, 0.3) is 5.69 Å². The van der Waals surface area contributed by atoms with Crippen molar-refractivity contribution >= 4 is 27.5 Å². The lowest BCUT2D eigenvalue weighted by molar-refractivity contribution is -0.131. The minimum atomic E-state index is -3.08. The van der Waals surface area contributed by atoms with Crippen LogP contribution in [0.3, 0.4) is 0 Å². The van der Waals surface area contributed by atoms with Gasteiger partial charge in [0.25, 0.3) is 0 Å². The summed E-state index contributed by atoms with van der Waals surface area (Å²) in [4.78, 5) is 15.0. The Bertz CT molecular complexity index is 1060. The van der Waals surface area contributed by atoms with Gasteiger partial charge in [-0.25, -0.2) is 8.42 Å². The Labute approximate surface area is 192 Å². The van der Waals surface area contributed by atoms with Gasteiger partial charge in [0.2, 0.25) is 5.91 Å². The second-order valence-corrected chi connectivity index (χ2v) is 12.0. The monoisotopic (exact) mass is 476 g/mol. The molecule has 2 aromatic rings. The molecule has 32 heavy (non-hydrogen) atoms. The van der Waals surface area contributed by atoms with Gasteiger partial charge in [-0.3, -0.25) is 9.36 Å². The number of carbonyl (C=O) groups excluding carboxylic acids is 1. The van der Waals surface area contributed by atoms with Crippen LogP contribution >= 0.6 is 11.8 Å². The van der Waals surface area contributed by atoms with Crippen molar-refractivity contribution in [1.82, 2.24) is 19.7 Å². The molecule has 172 valence electrons. The average Bonchev–Trinajstić information content (AvgIpc) is 3.18. The Morgan fingerprint density at radius 2 is 1.97 bits per heavy atom. The van der Waals surface area contributed by atoms with Gasteiger partial charge in [-0.05, 0) is 44.2 Å². The minimum absolute atomic E-state index is 0.0123. The number of nitrogens with zero attached hydrogens (tertiary/aromatic N) is 4. The number of sulfone groups is 1. The summed E-state index contributed by atoms with van der Waals surface area (Å²) in [6, 6.07) is 9.71. The number of benzene rings is 1. The number of rotatable bonds is 8. The first-order valence-electron chi connectivity index (χ1n) is 11.3. The van der Waals surface area contributed by atoms with Crippen LogP contribution in [0.15, 0.2) is 35.5 Å². The van der Waals surface area contributed by atoms with Crippen LogP contribution in [0.1, 0.15) is 43.8 Å². The number of hydrogen-bond donors (Lipinski definition) is 0. The van der Waals surface area contributed by atoms with E-state index in [-0.39, 0.29) is 35.3 Å². The van der Waals surface area contributed by atoms with E-state index in [2.05, 4.69) is 14.8 Å². The predicted molar refractivity (Wildman–Crippen MR) is 122 cm³/mol. The molecule has 5 rings (SSSR count). The molecule has 3 aliphatic rings. The number of hydrogen-bond acceptors (Lipinski definition) is 7. The van der Waals surface area contributed by atoms with E-state index in [0.29, 0.717) is 30.6 Å². The highest BCUT2D eigenvalue weighted by Crippen LogP contribution is 2.41. The molecule has 2 aliphatic heterocycles. The first kappa shape index (κ1) is 21.9. The molecule has 0 spiro atoms. The molecule has 0 bridgehead atoms. The third kappa shape index (κ3) is 4.87. The van der Waals surface area contributed by atoms with E-state index >= 15 is 0 Å². The first-order chi connectivity index (χ1) is 15.5. The van der Waals surface area contributed by atoms with Gasteiger partial charge in [0, 0.05) is 30.8 Å². The molecule has 3 fully saturated rings. The maximum atomic E-state index is 13.3. The first-order valence-corrected chi connectivity index (χ1v) is 14.1. The third-order valence-electron chi connectivity index (χ3n) is 6.33. The second kappa shape index (κ2) is 9.15. The van der Waals surface area contributed by atoms with E-state index in [1.54, 1.807) is 4.90 Å². The molecule has 1 amide bonds. The highest BCUT2D eigenvalue weighted by Gasteiger charge is 2.37. The van der Waals surface area contributed by atoms with Crippen molar-refractivity contribution in [2.75, 3.05) is 30.4 Å². The summed E-state index contributed by atoms with van der Waals surface area (Å²) in [7, 11) is -3.08. The molecule has 8 nitrogen and oxygen atoms in total. The van der Waals surface area contributed by atoms with E-state index in [9.17, 15) is 13.2 Å². The smallest absolute Gasteiger partial charge is 0.233 e. The van der Waals surface area contributed by atoms with Crippen LogP contribution in [-0.4, -0.2) is 76.5 Å². The molecule has 0 radical (unpaired) electrons. The molecule has 1 aromatic carbocycles. The minimum Gasteiger partial charge on any atom is -0.376 e. The van der Waals surface area contributed by atoms with Crippen molar-refractivity contribution in [1.29, 1.82) is 0 Å². The van der Waals surface area contributed by atoms with Crippen molar-refractivity contribution in [2.24, 2.45) is 0 Å². The van der Waals surface area contributed by atoms with Gasteiger partial charge in [-0.15, -0.1) is 10.2 Å². The van der Waals surface area contributed by atoms with Crippen LogP contribution in [0, 0.1) is 0 Å². The highest BCUT2D eigenvalue weighted by molar-refractivity contribution is 7.99. The van der Waals surface area contributed by atoms with Crippen LogP contribution in [0.5, 0.6) is 0 Å². The van der Waals surface area contributed by atoms with Crippen LogP contribution in [0.4, 0.5) is 0 Å². The molecule has 1 saturated carbocycles. The fourth-order valence-electron chi connectivity index (χ4n) is 4.49. The van der Waals surface area contributed by atoms with Crippen LogP contribution in [-0.2, 0) is 19.4 Å². The Morgan fingerprint density at radius 1 is 1.16 bits per heavy atom. The van der Waals surface area contributed by atoms with Crippen molar-refractivity contribution in [3.8, 4) is 5.69 Å². The zero-order valence-corrected chi connectivity index (χ0v) is 19.6. The topological polar surface area (TPSA) is 94.4 Å². The fourth-order valence-corrected chi connectivity index (χ4v) is 7.07. The quantitative estimate of drug-likeness (QED) is 0.540. The van der Waals surface area contributed by atoms with E-state index in [4.69, 9.17) is 4.74 Å². The molecular weight excluding hydrogens is 448 g/mol. The molecule has 2 atom stereocenters. The molecule has 10 heteroatoms. The maximum absolute atomic E-state index is 13.3. The Morgan fingerprint density at radius 3 is 2.62 bits per heavy atom. The van der Waals surface area contributed by atoms with Crippen molar-refractivity contribution in [2.45, 2.75) is 55.3 Å². The van der Waals surface area contributed by atoms with E-state index in [1.807, 2.05) is 30.3 Å². The number of amides is 1. The Hall–Kier alpha value is -1.91. The summed E-state index contributed by atoms with van der Waals surface area (Å²) < 4.78 is 31.9. The summed E-state index contributed by atoms with van der Waals surface area (Å²) in [5, 5.41) is 9.52. The summed E-state index contributed by atoms with van der Waals surface area (Å²) in [6.45, 7) is 1.16. The molecule has 3 heterocycles. The maximum Gasteiger partial charge on any atom is 0.233 e. The Kier molecular flexibility index (Phi) is 6.26. The Balaban J connectivity index is 1.33. The number of aromatic nitrogens is 3. The van der Waals surface area contributed by atoms with Crippen molar-refractivity contribution < 1.29 is 17.9 Å². The third-order valence-corrected chi connectivity index (χ3v) is 9.00. The van der Waals surface area contributed by atoms with Crippen molar-refractivity contribution in [3.05, 3.63) is 36.2 Å². The molecule has 1 aromatic heterocycles. The van der Waals surface area contributed by atoms with E-state index in [0.717, 1.165) is 37.2 Å². The summed E-state index contributed by atoms with van der Waals surface area (Å²) >= 11 is 1.37. The number of ether oxygens (including phenoxy) is 1. The molecular formula is C22H28N4O4S2. The summed E-state index contributed by atoms with van der Waals surface area (Å²) in [5.41, 5.74) is 0.993. The normalized spacial score (nSPS) is 24.6. The SMILES string of the molecule is O=C(CSc1nnc(C2CC2)n1-c1ccccc1)N(C[C@@H]1CCCO1)[C@@H]1CCS(=O)(=O)C1. The van der Waals surface area contributed by atoms with Crippen molar-refractivity contribution in [3.63, 3.8) is 0 Å². The fraction of sp³-hybridized carbons (Fsp3) is 0.591. The average molecular weight is 477 g/mol. The molecule has 2 saturated heterocycles. The largest absolute Gasteiger partial charge is 0.376 e. The lowest BCUT2D eigenvalue weighted by Crippen LogP contribution is -2.46. The van der Waals surface area contributed by atoms with Crippen LogP contribution in [0.2, 0.25) is 0 Å². The summed E-state index contributed by atoms with van der Waals surface area (Å²) in [6.07, 6.45) is 4.59. The van der Waals surface area contributed by atoms with Gasteiger partial charge in [0.1, 0.15) is 5.82 Å². The van der Waals surface area contributed by atoms with Gasteiger partial charge in [-0.2, -0.15) is 0 Å². The number of carbonyl (C=O) groups is 1. The zero-order valence-electron chi connectivity index (χ0n) is 17.9. The lowest BCUT2D eigenvalue weighted by Gasteiger charge is -2.30. The number of para-hydroxylation sites is 1. The van der Waals surface area contributed by atoms with Gasteiger partial charge < -0.3 is 9.64 Å².